The molecule has 2 atom stereocenters. The molecule has 0 saturated heterocycles. The van der Waals surface area contributed by atoms with Crippen molar-refractivity contribution in [3.63, 3.8) is 0 Å². The maximum absolute atomic E-state index is 10.9. The zero-order valence-electron chi connectivity index (χ0n) is 17.9. The third-order valence-corrected chi connectivity index (χ3v) is 5.56. The molecule has 4 rings (SSSR count). The highest BCUT2D eigenvalue weighted by atomic mass is 16.7. The van der Waals surface area contributed by atoms with Crippen molar-refractivity contribution in [1.82, 2.24) is 10.5 Å². The molecule has 0 saturated carbocycles. The number of rotatable bonds is 9. The molecule has 1 aliphatic carbocycles. The molecule has 2 N–H and O–H groups in total. The summed E-state index contributed by atoms with van der Waals surface area (Å²) in [7, 11) is 0. The molecule has 1 aliphatic rings. The third-order valence-electron chi connectivity index (χ3n) is 5.56. The van der Waals surface area contributed by atoms with Crippen LogP contribution in [-0.2, 0) is 16.1 Å². The molecule has 3 aromatic rings. The van der Waals surface area contributed by atoms with Crippen molar-refractivity contribution in [2.24, 2.45) is 0 Å². The number of hydroxylamine groups is 1. The number of fused-ring (bicyclic) bond motifs is 1. The Hall–Kier alpha value is -3.48. The zero-order chi connectivity index (χ0) is 22.3. The number of hydrogen-bond donors (Lipinski definition) is 2. The van der Waals surface area contributed by atoms with Gasteiger partial charge in [-0.15, -0.1) is 0 Å². The zero-order valence-corrected chi connectivity index (χ0v) is 17.9. The van der Waals surface area contributed by atoms with E-state index in [9.17, 15) is 4.79 Å². The van der Waals surface area contributed by atoms with Gasteiger partial charge in [-0.2, -0.15) is 5.48 Å². The Labute approximate surface area is 187 Å². The Balaban J connectivity index is 1.48. The summed E-state index contributed by atoms with van der Waals surface area (Å²) >= 11 is 0. The largest absolute Gasteiger partial charge is 0.482 e. The molecule has 1 aromatic heterocycles. The topological polar surface area (TPSA) is 80.7 Å². The summed E-state index contributed by atoms with van der Waals surface area (Å²) in [6.45, 7) is 1.74. The number of carbonyl (C=O) groups is 1. The first kappa shape index (κ1) is 21.7. The molecular weight excluding hydrogens is 404 g/mol. The quantitative estimate of drug-likeness (QED) is 0.484. The van der Waals surface area contributed by atoms with Crippen molar-refractivity contribution in [1.29, 1.82) is 0 Å². The lowest BCUT2D eigenvalue weighted by Crippen LogP contribution is -2.31. The van der Waals surface area contributed by atoms with Gasteiger partial charge in [-0.25, -0.2) is 4.79 Å². The minimum atomic E-state index is -0.980. The predicted octanol–water partition coefficient (Wildman–Crippen LogP) is 4.57. The van der Waals surface area contributed by atoms with E-state index >= 15 is 0 Å². The second-order valence-electron chi connectivity index (χ2n) is 7.75. The van der Waals surface area contributed by atoms with Crippen molar-refractivity contribution in [3.8, 4) is 5.75 Å². The van der Waals surface area contributed by atoms with Crippen LogP contribution < -0.4 is 10.2 Å². The highest BCUT2D eigenvalue weighted by Crippen LogP contribution is 2.33. The number of pyridine rings is 1. The van der Waals surface area contributed by atoms with E-state index in [-0.39, 0.29) is 18.8 Å². The maximum atomic E-state index is 10.9. The van der Waals surface area contributed by atoms with Gasteiger partial charge >= 0.3 is 5.97 Å². The van der Waals surface area contributed by atoms with E-state index in [4.69, 9.17) is 14.7 Å². The molecule has 32 heavy (non-hydrogen) atoms. The highest BCUT2D eigenvalue weighted by Gasteiger charge is 2.21. The lowest BCUT2D eigenvalue weighted by Gasteiger charge is -2.26. The van der Waals surface area contributed by atoms with Crippen LogP contribution in [0, 0.1) is 0 Å². The maximum Gasteiger partial charge on any atom is 0.341 e. The Kier molecular flexibility index (Phi) is 6.94. The molecule has 6 nitrogen and oxygen atoms in total. The van der Waals surface area contributed by atoms with E-state index < -0.39 is 5.97 Å². The number of aliphatic carboxylic acids is 1. The van der Waals surface area contributed by atoms with Crippen LogP contribution in [0.15, 0.2) is 78.6 Å². The van der Waals surface area contributed by atoms with Gasteiger partial charge in [0.25, 0.3) is 0 Å². The first-order valence-electron chi connectivity index (χ1n) is 10.6. The molecule has 0 amide bonds. The van der Waals surface area contributed by atoms with Crippen LogP contribution in [-0.4, -0.2) is 28.7 Å². The Morgan fingerprint density at radius 1 is 1.03 bits per heavy atom. The molecule has 1 heterocycles. The summed E-state index contributed by atoms with van der Waals surface area (Å²) in [5.74, 6) is -0.342. The van der Waals surface area contributed by atoms with Gasteiger partial charge in [-0.05, 0) is 54.7 Å². The number of aromatic nitrogens is 1. The van der Waals surface area contributed by atoms with E-state index in [0.29, 0.717) is 5.75 Å². The van der Waals surface area contributed by atoms with Gasteiger partial charge in [0.05, 0.1) is 6.04 Å². The standard InChI is InChI=1S/C26H26N2O4/c1-18(21-10-11-23-22(16-21)8-5-9-24(23)31-17-25(29)30)28-32-26(19-6-3-2-4-7-19)20-12-14-27-15-13-20/h2-9,12-16,18,26,28H,10-11,17H2,1H3,(H,29,30). The first-order valence-corrected chi connectivity index (χ1v) is 10.6. The Morgan fingerprint density at radius 3 is 2.53 bits per heavy atom. The number of nitrogens with zero attached hydrogens (tertiary/aromatic N) is 1. The minimum absolute atomic E-state index is 0.000191. The molecule has 2 unspecified atom stereocenters. The van der Waals surface area contributed by atoms with Crippen LogP contribution in [0.4, 0.5) is 0 Å². The number of nitrogens with one attached hydrogen (secondary N) is 1. The van der Waals surface area contributed by atoms with Gasteiger partial charge in [-0.3, -0.25) is 9.82 Å². The number of hydrogen-bond acceptors (Lipinski definition) is 5. The Morgan fingerprint density at radius 2 is 1.78 bits per heavy atom. The average molecular weight is 431 g/mol. The number of ether oxygens (including phenoxy) is 1. The summed E-state index contributed by atoms with van der Waals surface area (Å²) in [6.07, 6.45) is 7.04. The average Bonchev–Trinajstić information content (AvgIpc) is 2.83. The SMILES string of the molecule is CC(NOC(c1ccccc1)c1ccncc1)C1=Cc2cccc(OCC(=O)O)c2CC1. The second-order valence-corrected chi connectivity index (χ2v) is 7.75. The van der Waals surface area contributed by atoms with Crippen LogP contribution in [0.25, 0.3) is 6.08 Å². The van der Waals surface area contributed by atoms with E-state index in [2.05, 4.69) is 23.5 Å². The molecule has 0 bridgehead atoms. The first-order chi connectivity index (χ1) is 15.6. The summed E-state index contributed by atoms with van der Waals surface area (Å²) in [5, 5.41) is 8.90. The lowest BCUT2D eigenvalue weighted by molar-refractivity contribution is -0.139. The second kappa shape index (κ2) is 10.2. The van der Waals surface area contributed by atoms with Gasteiger partial charge in [0.1, 0.15) is 11.9 Å². The molecule has 0 fully saturated rings. The van der Waals surface area contributed by atoms with Gasteiger partial charge < -0.3 is 9.84 Å². The molecule has 0 radical (unpaired) electrons. The smallest absolute Gasteiger partial charge is 0.341 e. The molecule has 164 valence electrons. The summed E-state index contributed by atoms with van der Waals surface area (Å²) in [6, 6.07) is 19.7. The van der Waals surface area contributed by atoms with Crippen molar-refractivity contribution >= 4 is 12.0 Å². The minimum Gasteiger partial charge on any atom is -0.482 e. The number of benzene rings is 2. The summed E-state index contributed by atoms with van der Waals surface area (Å²) < 4.78 is 5.46. The molecular formula is C26H26N2O4. The lowest BCUT2D eigenvalue weighted by atomic mass is 9.89. The molecule has 2 aromatic carbocycles. The number of carboxylic acid groups (broad SMARTS) is 1. The van der Waals surface area contributed by atoms with Crippen LogP contribution in [0.3, 0.4) is 0 Å². The summed E-state index contributed by atoms with van der Waals surface area (Å²) in [4.78, 5) is 21.2. The van der Waals surface area contributed by atoms with E-state index in [1.807, 2.05) is 60.7 Å². The van der Waals surface area contributed by atoms with Crippen molar-refractivity contribution < 1.29 is 19.5 Å². The van der Waals surface area contributed by atoms with Crippen molar-refractivity contribution in [2.45, 2.75) is 31.9 Å². The molecule has 0 aliphatic heterocycles. The van der Waals surface area contributed by atoms with Crippen LogP contribution in [0.2, 0.25) is 0 Å². The Bertz CT molecular complexity index is 1040. The molecule has 6 heteroatoms. The van der Waals surface area contributed by atoms with Crippen LogP contribution >= 0.6 is 0 Å². The van der Waals surface area contributed by atoms with E-state index in [1.54, 1.807) is 12.4 Å². The van der Waals surface area contributed by atoms with Crippen molar-refractivity contribution in [2.75, 3.05) is 6.61 Å². The third kappa shape index (κ3) is 5.22. The normalized spacial score (nSPS) is 14.7. The fourth-order valence-electron chi connectivity index (χ4n) is 3.88. The van der Waals surface area contributed by atoms with Crippen molar-refractivity contribution in [3.05, 3.63) is 101 Å². The monoisotopic (exact) mass is 430 g/mol. The fourth-order valence-corrected chi connectivity index (χ4v) is 3.88. The van der Waals surface area contributed by atoms with Gasteiger partial charge in [0.15, 0.2) is 6.61 Å². The van der Waals surface area contributed by atoms with Gasteiger partial charge in [-0.1, -0.05) is 54.1 Å². The fraction of sp³-hybridized carbons (Fsp3) is 0.231. The predicted molar refractivity (Wildman–Crippen MR) is 122 cm³/mol. The number of carboxylic acids is 1. The van der Waals surface area contributed by atoms with Gasteiger partial charge in [0, 0.05) is 18.0 Å². The van der Waals surface area contributed by atoms with Crippen LogP contribution in [0.5, 0.6) is 5.75 Å². The highest BCUT2D eigenvalue weighted by molar-refractivity contribution is 5.69. The molecule has 0 spiro atoms. The van der Waals surface area contributed by atoms with Gasteiger partial charge in [0.2, 0.25) is 0 Å². The van der Waals surface area contributed by atoms with Crippen LogP contribution in [0.1, 0.15) is 41.7 Å². The van der Waals surface area contributed by atoms with E-state index in [1.165, 1.54) is 5.57 Å². The summed E-state index contributed by atoms with van der Waals surface area (Å²) in [5.41, 5.74) is 8.63. The van der Waals surface area contributed by atoms with E-state index in [0.717, 1.165) is 35.1 Å².